The van der Waals surface area contributed by atoms with Gasteiger partial charge >= 0.3 is 0 Å². The van der Waals surface area contributed by atoms with Crippen molar-refractivity contribution in [3.63, 3.8) is 0 Å². The molecule has 1 aromatic heterocycles. The Balaban J connectivity index is 2.79. The first-order valence-corrected chi connectivity index (χ1v) is 4.70. The molecule has 0 fully saturated rings. The molecule has 3 heteroatoms. The highest BCUT2D eigenvalue weighted by Crippen LogP contribution is 2.10. The van der Waals surface area contributed by atoms with Gasteiger partial charge in [0.05, 0.1) is 0 Å². The standard InChI is InChI=1S/C12H15N3/c1-3-5-6-11(4-2)15-12-9-10(13)7-8-14-12/h3-9H,2H2,1H3,(H3,13,14,15)/b5-3-,11-6+. The Bertz CT molecular complexity index is 392. The van der Waals surface area contributed by atoms with Crippen molar-refractivity contribution in [2.24, 2.45) is 0 Å². The number of nitrogens with zero attached hydrogens (tertiary/aromatic N) is 1. The van der Waals surface area contributed by atoms with E-state index in [1.54, 1.807) is 24.4 Å². The van der Waals surface area contributed by atoms with Crippen LogP contribution >= 0.6 is 0 Å². The number of allylic oxidation sites excluding steroid dienone is 4. The molecule has 1 rings (SSSR count). The molecule has 0 saturated carbocycles. The summed E-state index contributed by atoms with van der Waals surface area (Å²) in [6.45, 7) is 5.66. The smallest absolute Gasteiger partial charge is 0.132 e. The molecular weight excluding hydrogens is 186 g/mol. The molecule has 0 radical (unpaired) electrons. The van der Waals surface area contributed by atoms with Crippen LogP contribution in [0.3, 0.4) is 0 Å². The van der Waals surface area contributed by atoms with Crippen LogP contribution in [0.15, 0.2) is 54.9 Å². The van der Waals surface area contributed by atoms with Crippen LogP contribution < -0.4 is 11.1 Å². The van der Waals surface area contributed by atoms with Crippen LogP contribution in [0.1, 0.15) is 6.92 Å². The van der Waals surface area contributed by atoms with Gasteiger partial charge < -0.3 is 11.1 Å². The summed E-state index contributed by atoms with van der Waals surface area (Å²) in [5.41, 5.74) is 7.20. The quantitative estimate of drug-likeness (QED) is 0.736. The van der Waals surface area contributed by atoms with Gasteiger partial charge in [0.15, 0.2) is 0 Å². The van der Waals surface area contributed by atoms with Gasteiger partial charge in [-0.3, -0.25) is 0 Å². The summed E-state index contributed by atoms with van der Waals surface area (Å²) < 4.78 is 0. The van der Waals surface area contributed by atoms with Crippen molar-refractivity contribution in [2.45, 2.75) is 6.92 Å². The van der Waals surface area contributed by atoms with Crippen molar-refractivity contribution in [3.8, 4) is 0 Å². The number of hydrogen-bond acceptors (Lipinski definition) is 3. The van der Waals surface area contributed by atoms with E-state index in [2.05, 4.69) is 16.9 Å². The van der Waals surface area contributed by atoms with Crippen molar-refractivity contribution >= 4 is 11.5 Å². The van der Waals surface area contributed by atoms with Gasteiger partial charge in [-0.05, 0) is 25.1 Å². The van der Waals surface area contributed by atoms with Gasteiger partial charge in [-0.25, -0.2) is 4.98 Å². The Hall–Kier alpha value is -2.03. The van der Waals surface area contributed by atoms with E-state index < -0.39 is 0 Å². The third kappa shape index (κ3) is 3.68. The second-order valence-corrected chi connectivity index (χ2v) is 2.95. The molecule has 78 valence electrons. The summed E-state index contributed by atoms with van der Waals surface area (Å²) in [4.78, 5) is 4.13. The molecule has 0 saturated heterocycles. The van der Waals surface area contributed by atoms with Crippen LogP contribution in [0.4, 0.5) is 11.5 Å². The zero-order valence-electron chi connectivity index (χ0n) is 8.77. The molecule has 0 aromatic carbocycles. The summed E-state index contributed by atoms with van der Waals surface area (Å²) in [6.07, 6.45) is 9.17. The molecule has 0 amide bonds. The Morgan fingerprint density at radius 2 is 2.40 bits per heavy atom. The van der Waals surface area contributed by atoms with E-state index in [9.17, 15) is 0 Å². The second kappa shape index (κ2) is 5.65. The molecule has 0 aliphatic heterocycles. The average molecular weight is 201 g/mol. The van der Waals surface area contributed by atoms with Crippen molar-refractivity contribution in [2.75, 3.05) is 11.1 Å². The van der Waals surface area contributed by atoms with E-state index in [1.807, 2.05) is 25.2 Å². The van der Waals surface area contributed by atoms with Crippen molar-refractivity contribution in [1.29, 1.82) is 0 Å². The predicted octanol–water partition coefficient (Wildman–Crippen LogP) is 2.72. The van der Waals surface area contributed by atoms with Crippen LogP contribution in [0, 0.1) is 0 Å². The van der Waals surface area contributed by atoms with Crippen molar-refractivity contribution in [1.82, 2.24) is 4.98 Å². The lowest BCUT2D eigenvalue weighted by atomic mass is 10.3. The van der Waals surface area contributed by atoms with E-state index in [0.29, 0.717) is 11.5 Å². The van der Waals surface area contributed by atoms with E-state index in [4.69, 9.17) is 5.73 Å². The summed E-state index contributed by atoms with van der Waals surface area (Å²) in [7, 11) is 0. The van der Waals surface area contributed by atoms with Gasteiger partial charge in [0.25, 0.3) is 0 Å². The van der Waals surface area contributed by atoms with Crippen LogP contribution in [0.5, 0.6) is 0 Å². The SMILES string of the molecule is C=C/C(=C\C=C/C)Nc1cc(N)ccn1. The molecule has 3 nitrogen and oxygen atoms in total. The van der Waals surface area contributed by atoms with Gasteiger partial charge in [-0.1, -0.05) is 18.7 Å². The fourth-order valence-electron chi connectivity index (χ4n) is 1.02. The Kier molecular flexibility index (Phi) is 4.16. The molecule has 0 bridgehead atoms. The van der Waals surface area contributed by atoms with Crippen LogP contribution in [0.2, 0.25) is 0 Å². The van der Waals surface area contributed by atoms with Gasteiger partial charge in [0, 0.05) is 23.6 Å². The highest BCUT2D eigenvalue weighted by Gasteiger charge is 1.94. The lowest BCUT2D eigenvalue weighted by Gasteiger charge is -2.05. The normalized spacial score (nSPS) is 11.7. The Morgan fingerprint density at radius 3 is 3.00 bits per heavy atom. The number of anilines is 2. The van der Waals surface area contributed by atoms with Gasteiger partial charge in [-0.15, -0.1) is 0 Å². The monoisotopic (exact) mass is 201 g/mol. The lowest BCUT2D eigenvalue weighted by Crippen LogP contribution is -1.99. The molecule has 1 heterocycles. The number of nitrogens with two attached hydrogens (primary N) is 1. The molecule has 0 aliphatic rings. The summed E-state index contributed by atoms with van der Waals surface area (Å²) in [5, 5.41) is 3.10. The van der Waals surface area contributed by atoms with Gasteiger partial charge in [-0.2, -0.15) is 0 Å². The number of pyridine rings is 1. The Labute approximate surface area is 90.0 Å². The number of hydrogen-bond donors (Lipinski definition) is 2. The maximum Gasteiger partial charge on any atom is 0.132 e. The molecular formula is C12H15N3. The number of rotatable bonds is 4. The minimum Gasteiger partial charge on any atom is -0.399 e. The second-order valence-electron chi connectivity index (χ2n) is 2.95. The third-order valence-electron chi connectivity index (χ3n) is 1.74. The highest BCUT2D eigenvalue weighted by atomic mass is 15.0. The number of aromatic nitrogens is 1. The molecule has 0 aliphatic carbocycles. The van der Waals surface area contributed by atoms with Gasteiger partial charge in [0.1, 0.15) is 5.82 Å². The molecule has 1 aromatic rings. The van der Waals surface area contributed by atoms with E-state index in [0.717, 1.165) is 5.70 Å². The first-order valence-electron chi connectivity index (χ1n) is 4.70. The van der Waals surface area contributed by atoms with E-state index >= 15 is 0 Å². The van der Waals surface area contributed by atoms with E-state index in [1.165, 1.54) is 0 Å². The zero-order valence-corrected chi connectivity index (χ0v) is 8.77. The van der Waals surface area contributed by atoms with Crippen molar-refractivity contribution < 1.29 is 0 Å². The molecule has 0 spiro atoms. The summed E-state index contributed by atoms with van der Waals surface area (Å²) >= 11 is 0. The minimum absolute atomic E-state index is 0.682. The summed E-state index contributed by atoms with van der Waals surface area (Å²) in [6, 6.07) is 3.52. The minimum atomic E-state index is 0.682. The fraction of sp³-hybridized carbons (Fsp3) is 0.0833. The fourth-order valence-corrected chi connectivity index (χ4v) is 1.02. The number of nitrogen functional groups attached to an aromatic ring is 1. The van der Waals surface area contributed by atoms with E-state index in [-0.39, 0.29) is 0 Å². The first-order chi connectivity index (χ1) is 7.26. The lowest BCUT2D eigenvalue weighted by molar-refractivity contribution is 1.29. The molecule has 0 atom stereocenters. The molecule has 3 N–H and O–H groups in total. The molecule has 15 heavy (non-hydrogen) atoms. The first kappa shape index (κ1) is 11.0. The average Bonchev–Trinajstić information content (AvgIpc) is 2.24. The third-order valence-corrected chi connectivity index (χ3v) is 1.74. The highest BCUT2D eigenvalue weighted by molar-refractivity contribution is 5.53. The van der Waals surface area contributed by atoms with Crippen LogP contribution in [-0.4, -0.2) is 4.98 Å². The summed E-state index contributed by atoms with van der Waals surface area (Å²) in [5.74, 6) is 0.714. The van der Waals surface area contributed by atoms with Crippen molar-refractivity contribution in [3.05, 3.63) is 54.9 Å². The number of nitrogens with one attached hydrogen (secondary N) is 1. The molecule has 0 unspecified atom stereocenters. The zero-order chi connectivity index (χ0) is 11.1. The maximum atomic E-state index is 5.64. The van der Waals surface area contributed by atoms with Gasteiger partial charge in [0.2, 0.25) is 0 Å². The largest absolute Gasteiger partial charge is 0.399 e. The predicted molar refractivity (Wildman–Crippen MR) is 65.4 cm³/mol. The van der Waals surface area contributed by atoms with Crippen LogP contribution in [0.25, 0.3) is 0 Å². The maximum absolute atomic E-state index is 5.64. The topological polar surface area (TPSA) is 50.9 Å². The Morgan fingerprint density at radius 1 is 1.60 bits per heavy atom. The van der Waals surface area contributed by atoms with Crippen LogP contribution in [-0.2, 0) is 0 Å².